The van der Waals surface area contributed by atoms with E-state index in [2.05, 4.69) is 15.3 Å². The van der Waals surface area contributed by atoms with Crippen molar-refractivity contribution in [2.24, 2.45) is 0 Å². The molecule has 0 saturated heterocycles. The molecule has 2 aromatic rings. The second kappa shape index (κ2) is 4.68. The molecule has 19 heavy (non-hydrogen) atoms. The Balaban J connectivity index is 1.98. The van der Waals surface area contributed by atoms with Crippen LogP contribution in [0, 0.1) is 6.92 Å². The van der Waals surface area contributed by atoms with Crippen molar-refractivity contribution in [2.75, 3.05) is 5.73 Å². The van der Waals surface area contributed by atoms with Gasteiger partial charge in [-0.15, -0.1) is 10.2 Å². The molecule has 1 aliphatic carbocycles. The minimum atomic E-state index is 0.418. The summed E-state index contributed by atoms with van der Waals surface area (Å²) in [5.74, 6) is 1.65. The highest BCUT2D eigenvalue weighted by atomic mass is 16.4. The van der Waals surface area contributed by atoms with Crippen LogP contribution in [0.1, 0.15) is 50.1 Å². The Hall–Kier alpha value is -1.85. The Morgan fingerprint density at radius 2 is 2.05 bits per heavy atom. The Kier molecular flexibility index (Phi) is 3.00. The molecule has 3 rings (SSSR count). The van der Waals surface area contributed by atoms with Crippen LogP contribution in [0.15, 0.2) is 4.42 Å². The quantitative estimate of drug-likeness (QED) is 0.917. The van der Waals surface area contributed by atoms with Gasteiger partial charge in [0.05, 0.1) is 11.4 Å². The monoisotopic (exact) mass is 261 g/mol. The number of nitrogens with two attached hydrogens (primary N) is 1. The lowest BCUT2D eigenvalue weighted by Gasteiger charge is -2.02. The average molecular weight is 261 g/mol. The Labute approximate surface area is 112 Å². The van der Waals surface area contributed by atoms with Gasteiger partial charge in [-0.1, -0.05) is 12.8 Å². The lowest BCUT2D eigenvalue weighted by Crippen LogP contribution is -2.00. The summed E-state index contributed by atoms with van der Waals surface area (Å²) in [4.78, 5) is 0. The summed E-state index contributed by atoms with van der Waals surface area (Å²) in [6.07, 6.45) is 4.78. The average Bonchev–Trinajstić information content (AvgIpc) is 3.10. The van der Waals surface area contributed by atoms with Crippen LogP contribution in [0.5, 0.6) is 0 Å². The number of aryl methyl sites for hydroxylation is 2. The van der Waals surface area contributed by atoms with Crippen molar-refractivity contribution < 1.29 is 4.42 Å². The Morgan fingerprint density at radius 1 is 1.32 bits per heavy atom. The summed E-state index contributed by atoms with van der Waals surface area (Å²) >= 11 is 0. The molecule has 0 atom stereocenters. The molecule has 0 amide bonds. The van der Waals surface area contributed by atoms with Crippen LogP contribution in [0.4, 0.5) is 5.69 Å². The first-order valence-electron chi connectivity index (χ1n) is 6.87. The molecule has 0 radical (unpaired) electrons. The van der Waals surface area contributed by atoms with E-state index in [4.69, 9.17) is 10.2 Å². The summed E-state index contributed by atoms with van der Waals surface area (Å²) in [7, 11) is 0. The van der Waals surface area contributed by atoms with Crippen LogP contribution in [0.3, 0.4) is 0 Å². The molecule has 0 aliphatic heterocycles. The molecular formula is C13H19N5O. The number of nitrogen functional groups attached to an aromatic ring is 1. The first-order valence-corrected chi connectivity index (χ1v) is 6.87. The van der Waals surface area contributed by atoms with Gasteiger partial charge in [0.25, 0.3) is 5.89 Å². The highest BCUT2D eigenvalue weighted by molar-refractivity contribution is 5.68. The van der Waals surface area contributed by atoms with Crippen molar-refractivity contribution in [3.05, 3.63) is 11.6 Å². The summed E-state index contributed by atoms with van der Waals surface area (Å²) in [5.41, 5.74) is 8.24. The molecule has 2 heterocycles. The maximum atomic E-state index is 6.06. The topological polar surface area (TPSA) is 82.8 Å². The van der Waals surface area contributed by atoms with E-state index < -0.39 is 0 Å². The fourth-order valence-corrected chi connectivity index (χ4v) is 2.72. The summed E-state index contributed by atoms with van der Waals surface area (Å²) in [6.45, 7) is 4.64. The largest absolute Gasteiger partial charge is 0.419 e. The highest BCUT2D eigenvalue weighted by Gasteiger charge is 2.25. The fraction of sp³-hybridized carbons (Fsp3) is 0.615. The molecule has 0 unspecified atom stereocenters. The van der Waals surface area contributed by atoms with E-state index >= 15 is 0 Å². The Bertz CT molecular complexity index is 580. The lowest BCUT2D eigenvalue weighted by atomic mass is 10.1. The van der Waals surface area contributed by atoms with Gasteiger partial charge in [0.1, 0.15) is 5.69 Å². The maximum Gasteiger partial charge on any atom is 0.268 e. The van der Waals surface area contributed by atoms with Crippen molar-refractivity contribution in [1.29, 1.82) is 0 Å². The van der Waals surface area contributed by atoms with Gasteiger partial charge in [-0.25, -0.2) is 0 Å². The van der Waals surface area contributed by atoms with Crippen LogP contribution in [-0.4, -0.2) is 20.0 Å². The van der Waals surface area contributed by atoms with Crippen molar-refractivity contribution in [1.82, 2.24) is 20.0 Å². The van der Waals surface area contributed by atoms with Crippen molar-refractivity contribution in [3.8, 4) is 11.6 Å². The minimum absolute atomic E-state index is 0.418. The van der Waals surface area contributed by atoms with Crippen LogP contribution >= 0.6 is 0 Å². The molecule has 2 aromatic heterocycles. The summed E-state index contributed by atoms with van der Waals surface area (Å²) < 4.78 is 7.64. The first kappa shape index (κ1) is 12.2. The molecule has 0 bridgehead atoms. The molecule has 0 aromatic carbocycles. The van der Waals surface area contributed by atoms with Gasteiger partial charge in [0.15, 0.2) is 0 Å². The van der Waals surface area contributed by atoms with E-state index in [0.29, 0.717) is 17.5 Å². The molecule has 1 saturated carbocycles. The van der Waals surface area contributed by atoms with Gasteiger partial charge < -0.3 is 10.2 Å². The molecule has 6 nitrogen and oxygen atoms in total. The number of anilines is 1. The number of hydrogen-bond acceptors (Lipinski definition) is 5. The van der Waals surface area contributed by atoms with Crippen LogP contribution < -0.4 is 5.73 Å². The first-order chi connectivity index (χ1) is 9.20. The SMILES string of the molecule is CCn1nc(C)c(N)c1-c1nnc(C2CCCC2)o1. The van der Waals surface area contributed by atoms with E-state index in [-0.39, 0.29) is 0 Å². The third-order valence-electron chi connectivity index (χ3n) is 3.82. The molecular weight excluding hydrogens is 242 g/mol. The zero-order chi connectivity index (χ0) is 13.4. The Morgan fingerprint density at radius 3 is 2.74 bits per heavy atom. The predicted molar refractivity (Wildman–Crippen MR) is 71.6 cm³/mol. The van der Waals surface area contributed by atoms with Gasteiger partial charge in [-0.3, -0.25) is 4.68 Å². The van der Waals surface area contributed by atoms with Gasteiger partial charge in [-0.2, -0.15) is 5.10 Å². The molecule has 102 valence electrons. The van der Waals surface area contributed by atoms with Crippen molar-refractivity contribution in [2.45, 2.75) is 52.0 Å². The maximum absolute atomic E-state index is 6.06. The van der Waals surface area contributed by atoms with E-state index in [0.717, 1.165) is 36.7 Å². The third-order valence-corrected chi connectivity index (χ3v) is 3.82. The van der Waals surface area contributed by atoms with Gasteiger partial charge in [-0.05, 0) is 26.7 Å². The minimum Gasteiger partial charge on any atom is -0.419 e. The highest BCUT2D eigenvalue weighted by Crippen LogP contribution is 2.35. The van der Waals surface area contributed by atoms with E-state index in [1.807, 2.05) is 18.5 Å². The van der Waals surface area contributed by atoms with Gasteiger partial charge in [0.2, 0.25) is 5.89 Å². The van der Waals surface area contributed by atoms with Crippen LogP contribution in [0.25, 0.3) is 11.6 Å². The van der Waals surface area contributed by atoms with Crippen LogP contribution in [0.2, 0.25) is 0 Å². The number of hydrogen-bond donors (Lipinski definition) is 1. The summed E-state index contributed by atoms with van der Waals surface area (Å²) in [5, 5.41) is 12.7. The number of nitrogens with zero attached hydrogens (tertiary/aromatic N) is 4. The zero-order valence-electron chi connectivity index (χ0n) is 11.4. The standard InChI is InChI=1S/C13H19N5O/c1-3-18-11(10(14)8(2)17-18)13-16-15-12(19-13)9-6-4-5-7-9/h9H,3-7,14H2,1-2H3. The summed E-state index contributed by atoms with van der Waals surface area (Å²) in [6, 6.07) is 0. The lowest BCUT2D eigenvalue weighted by molar-refractivity contribution is 0.453. The normalized spacial score (nSPS) is 16.3. The number of aromatic nitrogens is 4. The predicted octanol–water partition coefficient (Wildman–Crippen LogP) is 2.50. The van der Waals surface area contributed by atoms with Crippen molar-refractivity contribution in [3.63, 3.8) is 0 Å². The van der Waals surface area contributed by atoms with Crippen molar-refractivity contribution >= 4 is 5.69 Å². The smallest absolute Gasteiger partial charge is 0.268 e. The third kappa shape index (κ3) is 2.01. The van der Waals surface area contributed by atoms with E-state index in [1.54, 1.807) is 0 Å². The molecule has 1 fully saturated rings. The second-order valence-electron chi connectivity index (χ2n) is 5.09. The van der Waals surface area contributed by atoms with E-state index in [9.17, 15) is 0 Å². The number of rotatable bonds is 3. The van der Waals surface area contributed by atoms with Crippen LogP contribution in [-0.2, 0) is 6.54 Å². The fourth-order valence-electron chi connectivity index (χ4n) is 2.72. The molecule has 2 N–H and O–H groups in total. The molecule has 6 heteroatoms. The molecule has 0 spiro atoms. The second-order valence-corrected chi connectivity index (χ2v) is 5.09. The zero-order valence-corrected chi connectivity index (χ0v) is 11.4. The van der Waals surface area contributed by atoms with Gasteiger partial charge in [0, 0.05) is 12.5 Å². The van der Waals surface area contributed by atoms with Gasteiger partial charge >= 0.3 is 0 Å². The molecule has 1 aliphatic rings. The van der Waals surface area contributed by atoms with E-state index in [1.165, 1.54) is 12.8 Å².